The molecule has 1 rings (SSSR count). The maximum absolute atomic E-state index is 12.0. The van der Waals surface area contributed by atoms with Crippen molar-refractivity contribution in [2.75, 3.05) is 19.7 Å². The molecule has 94 valence electrons. The highest BCUT2D eigenvalue weighted by molar-refractivity contribution is 5.76. The summed E-state index contributed by atoms with van der Waals surface area (Å²) in [6.45, 7) is 8.15. The molecule has 1 heterocycles. The Kier molecular flexibility index (Phi) is 5.22. The van der Waals surface area contributed by atoms with Gasteiger partial charge in [-0.1, -0.05) is 6.92 Å². The van der Waals surface area contributed by atoms with Crippen LogP contribution in [0.2, 0.25) is 0 Å². The average molecular weight is 228 g/mol. The van der Waals surface area contributed by atoms with Crippen molar-refractivity contribution in [3.8, 4) is 0 Å². The number of hydrogen-bond acceptors (Lipinski definition) is 3. The quantitative estimate of drug-likeness (QED) is 0.781. The Bertz CT molecular complexity index is 233. The van der Waals surface area contributed by atoms with Gasteiger partial charge in [-0.05, 0) is 32.7 Å². The predicted molar refractivity (Wildman–Crippen MR) is 64.0 cm³/mol. The first kappa shape index (κ1) is 13.5. The number of nitrogens with zero attached hydrogens (tertiary/aromatic N) is 1. The minimum Gasteiger partial charge on any atom is -0.375 e. The van der Waals surface area contributed by atoms with E-state index in [4.69, 9.17) is 10.5 Å². The molecular formula is C12H24N2O2. The number of morpholine rings is 1. The molecule has 0 aromatic rings. The van der Waals surface area contributed by atoms with Crippen LogP contribution in [0.5, 0.6) is 0 Å². The summed E-state index contributed by atoms with van der Waals surface area (Å²) in [5.41, 5.74) is 5.54. The van der Waals surface area contributed by atoms with Crippen molar-refractivity contribution < 1.29 is 9.53 Å². The number of carbonyl (C=O) groups excluding carboxylic acids is 1. The molecule has 16 heavy (non-hydrogen) atoms. The first-order chi connectivity index (χ1) is 7.54. The van der Waals surface area contributed by atoms with Crippen LogP contribution in [0.15, 0.2) is 0 Å². The molecule has 0 aromatic heterocycles. The second-order valence-electron chi connectivity index (χ2n) is 4.92. The van der Waals surface area contributed by atoms with E-state index in [-0.39, 0.29) is 18.1 Å². The fraction of sp³-hybridized carbons (Fsp3) is 0.917. The van der Waals surface area contributed by atoms with Crippen molar-refractivity contribution in [1.29, 1.82) is 0 Å². The molecule has 1 fully saturated rings. The van der Waals surface area contributed by atoms with Crippen LogP contribution in [0.1, 0.15) is 33.6 Å². The average Bonchev–Trinajstić information content (AvgIpc) is 2.28. The van der Waals surface area contributed by atoms with Gasteiger partial charge in [0.15, 0.2) is 0 Å². The number of nitrogens with two attached hydrogens (primary N) is 1. The summed E-state index contributed by atoms with van der Waals surface area (Å²) in [4.78, 5) is 13.9. The van der Waals surface area contributed by atoms with Crippen LogP contribution in [-0.2, 0) is 9.53 Å². The van der Waals surface area contributed by atoms with Crippen LogP contribution < -0.4 is 5.73 Å². The summed E-state index contributed by atoms with van der Waals surface area (Å²) in [5, 5.41) is 0. The second kappa shape index (κ2) is 6.21. The number of amides is 1. The zero-order valence-corrected chi connectivity index (χ0v) is 10.6. The lowest BCUT2D eigenvalue weighted by Crippen LogP contribution is -2.50. The number of ether oxygens (including phenoxy) is 1. The Morgan fingerprint density at radius 3 is 2.88 bits per heavy atom. The third-order valence-corrected chi connectivity index (χ3v) is 3.18. The van der Waals surface area contributed by atoms with Gasteiger partial charge in [-0.2, -0.15) is 0 Å². The standard InChI is InChI=1S/C12H24N2O2/c1-9(6-13)4-5-12(15)14-7-11(3)16-8-10(14)2/h9-11H,4-8,13H2,1-3H3. The highest BCUT2D eigenvalue weighted by Crippen LogP contribution is 2.14. The Hall–Kier alpha value is -0.610. The molecule has 1 aliphatic rings. The summed E-state index contributed by atoms with van der Waals surface area (Å²) >= 11 is 0. The van der Waals surface area contributed by atoms with Crippen molar-refractivity contribution in [2.24, 2.45) is 11.7 Å². The number of carbonyl (C=O) groups is 1. The van der Waals surface area contributed by atoms with Gasteiger partial charge in [0.05, 0.1) is 18.8 Å². The SMILES string of the molecule is CC(CN)CCC(=O)N1CC(C)OCC1C. The minimum atomic E-state index is 0.159. The number of rotatable bonds is 4. The van der Waals surface area contributed by atoms with E-state index in [0.717, 1.165) is 13.0 Å². The van der Waals surface area contributed by atoms with Crippen molar-refractivity contribution in [3.05, 3.63) is 0 Å². The molecule has 0 aromatic carbocycles. The molecule has 0 saturated carbocycles. The summed E-state index contributed by atoms with van der Waals surface area (Å²) in [6, 6.07) is 0.205. The van der Waals surface area contributed by atoms with Gasteiger partial charge in [0, 0.05) is 13.0 Å². The van der Waals surface area contributed by atoms with Gasteiger partial charge in [0.25, 0.3) is 0 Å². The molecule has 3 unspecified atom stereocenters. The van der Waals surface area contributed by atoms with Gasteiger partial charge in [-0.15, -0.1) is 0 Å². The second-order valence-corrected chi connectivity index (χ2v) is 4.92. The third-order valence-electron chi connectivity index (χ3n) is 3.18. The monoisotopic (exact) mass is 228 g/mol. The van der Waals surface area contributed by atoms with Gasteiger partial charge in [-0.3, -0.25) is 4.79 Å². The number of hydrogen-bond donors (Lipinski definition) is 1. The van der Waals surface area contributed by atoms with E-state index in [1.807, 2.05) is 18.7 Å². The lowest BCUT2D eigenvalue weighted by Gasteiger charge is -2.37. The van der Waals surface area contributed by atoms with Gasteiger partial charge in [-0.25, -0.2) is 0 Å². The Morgan fingerprint density at radius 2 is 2.25 bits per heavy atom. The predicted octanol–water partition coefficient (Wildman–Crippen LogP) is 0.997. The van der Waals surface area contributed by atoms with Crippen LogP contribution in [-0.4, -0.2) is 42.6 Å². The Morgan fingerprint density at radius 1 is 1.56 bits per heavy atom. The topological polar surface area (TPSA) is 55.6 Å². The summed E-state index contributed by atoms with van der Waals surface area (Å²) in [5.74, 6) is 0.667. The molecule has 1 amide bonds. The van der Waals surface area contributed by atoms with E-state index >= 15 is 0 Å². The molecule has 0 bridgehead atoms. The van der Waals surface area contributed by atoms with E-state index in [2.05, 4.69) is 6.92 Å². The largest absolute Gasteiger partial charge is 0.375 e. The molecule has 1 aliphatic heterocycles. The van der Waals surface area contributed by atoms with E-state index in [1.165, 1.54) is 0 Å². The molecule has 0 spiro atoms. The maximum atomic E-state index is 12.0. The molecule has 3 atom stereocenters. The fourth-order valence-corrected chi connectivity index (χ4v) is 1.88. The van der Waals surface area contributed by atoms with Crippen LogP contribution >= 0.6 is 0 Å². The highest BCUT2D eigenvalue weighted by Gasteiger charge is 2.27. The fourth-order valence-electron chi connectivity index (χ4n) is 1.88. The molecular weight excluding hydrogens is 204 g/mol. The molecule has 4 heteroatoms. The molecule has 0 radical (unpaired) electrons. The Labute approximate surface area is 98.1 Å². The Balaban J connectivity index is 2.39. The molecule has 4 nitrogen and oxygen atoms in total. The third kappa shape index (κ3) is 3.76. The van der Waals surface area contributed by atoms with Crippen molar-refractivity contribution in [2.45, 2.75) is 45.8 Å². The normalized spacial score (nSPS) is 27.9. The van der Waals surface area contributed by atoms with Gasteiger partial charge < -0.3 is 15.4 Å². The first-order valence-electron chi connectivity index (χ1n) is 6.15. The maximum Gasteiger partial charge on any atom is 0.222 e. The van der Waals surface area contributed by atoms with E-state index in [9.17, 15) is 4.79 Å². The van der Waals surface area contributed by atoms with Crippen LogP contribution in [0.3, 0.4) is 0 Å². The first-order valence-corrected chi connectivity index (χ1v) is 6.15. The minimum absolute atomic E-state index is 0.159. The van der Waals surface area contributed by atoms with Crippen molar-refractivity contribution in [1.82, 2.24) is 4.90 Å². The lowest BCUT2D eigenvalue weighted by atomic mass is 10.0. The van der Waals surface area contributed by atoms with Crippen molar-refractivity contribution >= 4 is 5.91 Å². The van der Waals surface area contributed by atoms with Gasteiger partial charge in [0.2, 0.25) is 5.91 Å². The summed E-state index contributed by atoms with van der Waals surface area (Å²) in [6.07, 6.45) is 1.65. The van der Waals surface area contributed by atoms with E-state index in [1.54, 1.807) is 0 Å². The van der Waals surface area contributed by atoms with Crippen molar-refractivity contribution in [3.63, 3.8) is 0 Å². The van der Waals surface area contributed by atoms with Crippen LogP contribution in [0.25, 0.3) is 0 Å². The van der Waals surface area contributed by atoms with E-state index in [0.29, 0.717) is 25.5 Å². The smallest absolute Gasteiger partial charge is 0.222 e. The summed E-state index contributed by atoms with van der Waals surface area (Å²) in [7, 11) is 0. The van der Waals surface area contributed by atoms with Crippen LogP contribution in [0, 0.1) is 5.92 Å². The zero-order valence-electron chi connectivity index (χ0n) is 10.6. The van der Waals surface area contributed by atoms with Crippen LogP contribution in [0.4, 0.5) is 0 Å². The molecule has 0 aliphatic carbocycles. The van der Waals surface area contributed by atoms with Gasteiger partial charge >= 0.3 is 0 Å². The molecule has 2 N–H and O–H groups in total. The lowest BCUT2D eigenvalue weighted by molar-refractivity contribution is -0.143. The highest BCUT2D eigenvalue weighted by atomic mass is 16.5. The van der Waals surface area contributed by atoms with E-state index < -0.39 is 0 Å². The zero-order chi connectivity index (χ0) is 12.1. The molecule has 1 saturated heterocycles. The summed E-state index contributed by atoms with van der Waals surface area (Å²) < 4.78 is 5.50. The van der Waals surface area contributed by atoms with Gasteiger partial charge in [0.1, 0.15) is 0 Å².